The van der Waals surface area contributed by atoms with Crippen molar-refractivity contribution in [2.75, 3.05) is 26.3 Å². The van der Waals surface area contributed by atoms with Crippen molar-refractivity contribution < 1.29 is 9.47 Å². The summed E-state index contributed by atoms with van der Waals surface area (Å²) in [5.41, 5.74) is 0. The molecule has 2 rings (SSSR count). The van der Waals surface area contributed by atoms with Gasteiger partial charge >= 0.3 is 0 Å². The third-order valence-electron chi connectivity index (χ3n) is 2.11. The molecule has 0 aliphatic carbocycles. The molecule has 10 heavy (non-hydrogen) atoms. The van der Waals surface area contributed by atoms with E-state index in [1.807, 2.05) is 0 Å². The van der Waals surface area contributed by atoms with Gasteiger partial charge in [-0.05, 0) is 6.42 Å². The highest BCUT2D eigenvalue weighted by Gasteiger charge is 2.29. The van der Waals surface area contributed by atoms with Gasteiger partial charge in [-0.3, -0.25) is 0 Å². The van der Waals surface area contributed by atoms with E-state index in [1.54, 1.807) is 0 Å². The van der Waals surface area contributed by atoms with Crippen LogP contribution in [0.1, 0.15) is 6.42 Å². The van der Waals surface area contributed by atoms with Gasteiger partial charge in [-0.25, -0.2) is 0 Å². The van der Waals surface area contributed by atoms with Crippen LogP contribution in [0.3, 0.4) is 0 Å². The lowest BCUT2D eigenvalue weighted by molar-refractivity contribution is -0.143. The van der Waals surface area contributed by atoms with Crippen molar-refractivity contribution in [3.63, 3.8) is 0 Å². The Morgan fingerprint density at radius 1 is 1.10 bits per heavy atom. The van der Waals surface area contributed by atoms with Crippen LogP contribution in [0.25, 0.3) is 0 Å². The molecule has 0 bridgehead atoms. The fourth-order valence-electron chi connectivity index (χ4n) is 1.37. The summed E-state index contributed by atoms with van der Waals surface area (Å²) in [6.07, 6.45) is 1.88. The summed E-state index contributed by atoms with van der Waals surface area (Å²) in [7, 11) is 0. The van der Waals surface area contributed by atoms with Crippen molar-refractivity contribution in [1.29, 1.82) is 0 Å². The van der Waals surface area contributed by atoms with Crippen LogP contribution < -0.4 is 5.32 Å². The van der Waals surface area contributed by atoms with Gasteiger partial charge in [-0.2, -0.15) is 0 Å². The number of ether oxygens (including phenoxy) is 2. The second-order valence-corrected chi connectivity index (χ2v) is 2.81. The van der Waals surface area contributed by atoms with Gasteiger partial charge < -0.3 is 14.8 Å². The van der Waals surface area contributed by atoms with E-state index in [2.05, 4.69) is 5.32 Å². The first-order valence-electron chi connectivity index (χ1n) is 3.91. The van der Waals surface area contributed by atoms with Gasteiger partial charge in [0.05, 0.1) is 18.8 Å². The molecule has 0 spiro atoms. The predicted octanol–water partition coefficient (Wildman–Crippen LogP) is -0.236. The zero-order valence-corrected chi connectivity index (χ0v) is 6.01. The molecule has 3 nitrogen and oxygen atoms in total. The minimum atomic E-state index is 0.322. The highest BCUT2D eigenvalue weighted by Crippen LogP contribution is 2.18. The maximum absolute atomic E-state index is 5.49. The third kappa shape index (κ3) is 1.17. The third-order valence-corrected chi connectivity index (χ3v) is 2.11. The smallest absolute Gasteiger partial charge is 0.0962 e. The maximum Gasteiger partial charge on any atom is 0.0962 e. The maximum atomic E-state index is 5.49. The van der Waals surface area contributed by atoms with Crippen LogP contribution in [0.2, 0.25) is 0 Å². The van der Waals surface area contributed by atoms with Gasteiger partial charge in [0.25, 0.3) is 0 Å². The highest BCUT2D eigenvalue weighted by molar-refractivity contribution is 4.80. The molecule has 0 unspecified atom stereocenters. The van der Waals surface area contributed by atoms with E-state index in [0.29, 0.717) is 12.2 Å². The van der Waals surface area contributed by atoms with Crippen LogP contribution in [0, 0.1) is 0 Å². The molecule has 2 aliphatic rings. The van der Waals surface area contributed by atoms with Crippen LogP contribution in [0.4, 0.5) is 0 Å². The molecule has 58 valence electrons. The Labute approximate surface area is 60.7 Å². The molecule has 0 radical (unpaired) electrons. The van der Waals surface area contributed by atoms with Crippen molar-refractivity contribution in [3.8, 4) is 0 Å². The minimum Gasteiger partial charge on any atom is -0.375 e. The van der Waals surface area contributed by atoms with Crippen LogP contribution >= 0.6 is 0 Å². The Kier molecular flexibility index (Phi) is 1.88. The summed E-state index contributed by atoms with van der Waals surface area (Å²) in [5.74, 6) is 0. The van der Waals surface area contributed by atoms with E-state index in [4.69, 9.17) is 9.47 Å². The lowest BCUT2D eigenvalue weighted by atomic mass is 10.1. The van der Waals surface area contributed by atoms with Crippen molar-refractivity contribution >= 4 is 0 Å². The van der Waals surface area contributed by atoms with E-state index < -0.39 is 0 Å². The summed E-state index contributed by atoms with van der Waals surface area (Å²) in [5, 5.41) is 3.28. The summed E-state index contributed by atoms with van der Waals surface area (Å²) in [6, 6.07) is 0. The van der Waals surface area contributed by atoms with E-state index in [0.717, 1.165) is 26.3 Å². The molecule has 2 heterocycles. The molecule has 1 N–H and O–H groups in total. The molecule has 2 fully saturated rings. The van der Waals surface area contributed by atoms with Crippen LogP contribution in [0.5, 0.6) is 0 Å². The van der Waals surface area contributed by atoms with Gasteiger partial charge in [0.1, 0.15) is 0 Å². The van der Waals surface area contributed by atoms with Crippen molar-refractivity contribution in [3.05, 3.63) is 0 Å². The normalized spacial score (nSPS) is 40.8. The average Bonchev–Trinajstić information content (AvgIpc) is 1.86. The predicted molar refractivity (Wildman–Crippen MR) is 37.0 cm³/mol. The minimum absolute atomic E-state index is 0.322. The van der Waals surface area contributed by atoms with Gasteiger partial charge in [0, 0.05) is 19.7 Å². The van der Waals surface area contributed by atoms with E-state index in [9.17, 15) is 0 Å². The fraction of sp³-hybridized carbons (Fsp3) is 1.00. The topological polar surface area (TPSA) is 30.5 Å². The summed E-state index contributed by atoms with van der Waals surface area (Å²) in [6.45, 7) is 3.71. The molecule has 0 aromatic carbocycles. The van der Waals surface area contributed by atoms with Gasteiger partial charge in [-0.1, -0.05) is 0 Å². The van der Waals surface area contributed by atoms with Gasteiger partial charge in [-0.15, -0.1) is 0 Å². The number of rotatable bonds is 1. The molecule has 0 saturated carbocycles. The van der Waals surface area contributed by atoms with Gasteiger partial charge in [0.15, 0.2) is 0 Å². The zero-order chi connectivity index (χ0) is 6.81. The van der Waals surface area contributed by atoms with Crippen LogP contribution in [0.15, 0.2) is 0 Å². The highest BCUT2D eigenvalue weighted by atomic mass is 16.6. The number of hydrogen-bond acceptors (Lipinski definition) is 3. The standard InChI is InChI=1S/C7H13NO2/c1-3-9-6(1)7-5-8-2-4-10-7/h6-8H,1-5H2/t6-,7+/m1/s1. The lowest BCUT2D eigenvalue weighted by Gasteiger charge is -2.36. The SMILES string of the molecule is C1CO[C@H]([C@H]2CCO2)CN1. The van der Waals surface area contributed by atoms with Crippen molar-refractivity contribution in [1.82, 2.24) is 5.32 Å². The van der Waals surface area contributed by atoms with Crippen LogP contribution in [-0.4, -0.2) is 38.5 Å². The summed E-state index contributed by atoms with van der Waals surface area (Å²) < 4.78 is 10.8. The molecule has 0 amide bonds. The van der Waals surface area contributed by atoms with E-state index in [-0.39, 0.29) is 0 Å². The Hall–Kier alpha value is -0.120. The van der Waals surface area contributed by atoms with E-state index >= 15 is 0 Å². The zero-order valence-electron chi connectivity index (χ0n) is 6.01. The second-order valence-electron chi connectivity index (χ2n) is 2.81. The van der Waals surface area contributed by atoms with Crippen molar-refractivity contribution in [2.24, 2.45) is 0 Å². The Bertz CT molecular complexity index is 108. The Balaban J connectivity index is 1.78. The van der Waals surface area contributed by atoms with Crippen molar-refractivity contribution in [2.45, 2.75) is 18.6 Å². The molecule has 0 aromatic heterocycles. The van der Waals surface area contributed by atoms with Gasteiger partial charge in [0.2, 0.25) is 0 Å². The molecule has 0 aromatic rings. The van der Waals surface area contributed by atoms with Crippen LogP contribution in [-0.2, 0) is 9.47 Å². The van der Waals surface area contributed by atoms with E-state index in [1.165, 1.54) is 6.42 Å². The monoisotopic (exact) mass is 143 g/mol. The first kappa shape index (κ1) is 6.58. The molecule has 2 aliphatic heterocycles. The number of nitrogens with one attached hydrogen (secondary N) is 1. The Morgan fingerprint density at radius 3 is 2.40 bits per heavy atom. The summed E-state index contributed by atoms with van der Waals surface area (Å²) in [4.78, 5) is 0. The molecule has 2 atom stereocenters. The average molecular weight is 143 g/mol. The largest absolute Gasteiger partial charge is 0.375 e. The first-order chi connectivity index (χ1) is 4.97. The quantitative estimate of drug-likeness (QED) is 0.549. The number of hydrogen-bond donors (Lipinski definition) is 1. The first-order valence-corrected chi connectivity index (χ1v) is 3.91. The molecular formula is C7H13NO2. The summed E-state index contributed by atoms with van der Waals surface area (Å²) >= 11 is 0. The number of morpholine rings is 1. The second kappa shape index (κ2) is 2.86. The lowest BCUT2D eigenvalue weighted by Crippen LogP contribution is -2.49. The molecule has 2 saturated heterocycles. The fourth-order valence-corrected chi connectivity index (χ4v) is 1.37. The molecular weight excluding hydrogens is 130 g/mol. The Morgan fingerprint density at radius 2 is 1.90 bits per heavy atom. The molecule has 3 heteroatoms.